The number of nitrogens with one attached hydrogen (secondary N) is 2. The number of benzene rings is 1. The maximum atomic E-state index is 11.9. The Kier molecular flexibility index (Phi) is 7.22. The highest BCUT2D eigenvalue weighted by Crippen LogP contribution is 2.23. The second-order valence-corrected chi connectivity index (χ2v) is 8.45. The van der Waals surface area contributed by atoms with E-state index in [-0.39, 0.29) is 6.03 Å². The van der Waals surface area contributed by atoms with Gasteiger partial charge in [-0.05, 0) is 51.2 Å². The van der Waals surface area contributed by atoms with Crippen LogP contribution in [0.3, 0.4) is 0 Å². The van der Waals surface area contributed by atoms with Crippen LogP contribution in [0.2, 0.25) is 0 Å². The van der Waals surface area contributed by atoms with Crippen LogP contribution in [0.15, 0.2) is 29.3 Å². The predicted molar refractivity (Wildman–Crippen MR) is 115 cm³/mol. The average molecular weight is 403 g/mol. The zero-order chi connectivity index (χ0) is 19.9. The fraction of sp³-hybridized carbons (Fsp3) is 0.550. The summed E-state index contributed by atoms with van der Waals surface area (Å²) in [4.78, 5) is 19.8. The van der Waals surface area contributed by atoms with E-state index in [0.717, 1.165) is 27.6 Å². The summed E-state index contributed by atoms with van der Waals surface area (Å²) in [6, 6.07) is 8.02. The normalized spacial score (nSPS) is 15.8. The van der Waals surface area contributed by atoms with Gasteiger partial charge in [0.2, 0.25) is 4.80 Å². The minimum atomic E-state index is -0.191. The molecule has 1 aliphatic rings. The van der Waals surface area contributed by atoms with Crippen LogP contribution in [-0.4, -0.2) is 53.9 Å². The second kappa shape index (κ2) is 9.84. The lowest BCUT2D eigenvalue weighted by Gasteiger charge is -2.16. The van der Waals surface area contributed by atoms with Crippen LogP contribution in [0.25, 0.3) is 10.6 Å². The zero-order valence-electron chi connectivity index (χ0n) is 16.9. The Morgan fingerprint density at radius 2 is 1.96 bits per heavy atom. The number of anilines is 1. The third kappa shape index (κ3) is 5.90. The van der Waals surface area contributed by atoms with Gasteiger partial charge in [0, 0.05) is 31.4 Å². The van der Waals surface area contributed by atoms with Crippen molar-refractivity contribution >= 4 is 23.1 Å². The van der Waals surface area contributed by atoms with Crippen molar-refractivity contribution in [2.45, 2.75) is 38.1 Å². The minimum Gasteiger partial charge on any atom is -0.337 e. The van der Waals surface area contributed by atoms with Gasteiger partial charge in [-0.25, -0.2) is 9.48 Å². The molecule has 2 amide bonds. The molecule has 0 unspecified atom stereocenters. The van der Waals surface area contributed by atoms with Crippen LogP contribution < -0.4 is 15.4 Å². The topological polar surface area (TPSA) is 74.6 Å². The first-order valence-corrected chi connectivity index (χ1v) is 10.7. The van der Waals surface area contributed by atoms with Crippen LogP contribution in [0.1, 0.15) is 32.1 Å². The lowest BCUT2D eigenvalue weighted by Crippen LogP contribution is -2.34. The Labute approximate surface area is 170 Å². The summed E-state index contributed by atoms with van der Waals surface area (Å²) in [5, 5.41) is 11.3. The van der Waals surface area contributed by atoms with Gasteiger partial charge in [-0.15, -0.1) is 0 Å². The first-order valence-electron chi connectivity index (χ1n) is 9.89. The van der Waals surface area contributed by atoms with Crippen LogP contribution >= 0.6 is 11.3 Å². The van der Waals surface area contributed by atoms with Crippen molar-refractivity contribution in [1.82, 2.24) is 20.0 Å². The van der Waals surface area contributed by atoms with Gasteiger partial charge in [-0.3, -0.25) is 4.99 Å². The summed E-state index contributed by atoms with van der Waals surface area (Å²) in [5.74, 6) is 0. The van der Waals surface area contributed by atoms with Crippen molar-refractivity contribution in [1.29, 1.82) is 0 Å². The quantitative estimate of drug-likeness (QED) is 0.780. The number of carbonyl (C=O) groups excluding carboxylic acids is 1. The van der Waals surface area contributed by atoms with Gasteiger partial charge in [0.05, 0.1) is 6.04 Å². The highest BCUT2D eigenvalue weighted by molar-refractivity contribution is 7.12. The summed E-state index contributed by atoms with van der Waals surface area (Å²) >= 11 is 1.62. The highest BCUT2D eigenvalue weighted by atomic mass is 32.1. The van der Waals surface area contributed by atoms with E-state index < -0.39 is 0 Å². The molecular weight excluding hydrogens is 372 g/mol. The number of carbonyl (C=O) groups is 1. The minimum absolute atomic E-state index is 0.191. The Hall–Kier alpha value is -2.19. The Morgan fingerprint density at radius 1 is 1.25 bits per heavy atom. The van der Waals surface area contributed by atoms with Crippen LogP contribution in [0, 0.1) is 0 Å². The molecule has 1 heterocycles. The van der Waals surface area contributed by atoms with Gasteiger partial charge in [0.15, 0.2) is 0 Å². The third-order valence-corrected chi connectivity index (χ3v) is 5.87. The predicted octanol–water partition coefficient (Wildman–Crippen LogP) is 3.07. The van der Waals surface area contributed by atoms with Gasteiger partial charge in [0.25, 0.3) is 0 Å². The zero-order valence-corrected chi connectivity index (χ0v) is 17.8. The van der Waals surface area contributed by atoms with E-state index in [1.165, 1.54) is 32.1 Å². The molecule has 1 fully saturated rings. The molecule has 0 saturated heterocycles. The third-order valence-electron chi connectivity index (χ3n) is 4.81. The number of amides is 2. The van der Waals surface area contributed by atoms with Crippen LogP contribution in [-0.2, 0) is 7.05 Å². The first kappa shape index (κ1) is 20.5. The smallest absolute Gasteiger partial charge is 0.319 e. The summed E-state index contributed by atoms with van der Waals surface area (Å²) in [6.45, 7) is 1.42. The van der Waals surface area contributed by atoms with Crippen molar-refractivity contribution in [3.8, 4) is 10.6 Å². The van der Waals surface area contributed by atoms with Crippen LogP contribution in [0.5, 0.6) is 0 Å². The molecule has 0 atom stereocenters. The fourth-order valence-electron chi connectivity index (χ4n) is 3.21. The molecule has 0 radical (unpaired) electrons. The number of nitrogens with zero attached hydrogens (tertiary/aromatic N) is 4. The highest BCUT2D eigenvalue weighted by Gasteiger charge is 2.13. The monoisotopic (exact) mass is 402 g/mol. The SMILES string of the molecule is CN(C)CCNC(=O)Nc1ccc(-c2nn(C)c(=NC3CCCCC3)s2)cc1. The van der Waals surface area contributed by atoms with Gasteiger partial charge in [0.1, 0.15) is 5.01 Å². The average Bonchev–Trinajstić information content (AvgIpc) is 3.03. The molecule has 152 valence electrons. The molecule has 7 nitrogen and oxygen atoms in total. The number of likely N-dealkylation sites (N-methyl/N-ethyl adjacent to an activating group) is 1. The van der Waals surface area contributed by atoms with Crippen molar-refractivity contribution in [3.63, 3.8) is 0 Å². The number of urea groups is 1. The number of hydrogen-bond donors (Lipinski definition) is 2. The Bertz CT molecular complexity index is 833. The number of hydrogen-bond acceptors (Lipinski definition) is 5. The van der Waals surface area contributed by atoms with E-state index in [0.29, 0.717) is 12.6 Å². The van der Waals surface area contributed by atoms with E-state index in [2.05, 4.69) is 15.7 Å². The standard InChI is InChI=1S/C20H30N6OS/c1-25(2)14-13-21-19(27)22-17-11-9-15(10-12-17)18-24-26(3)20(28-18)23-16-7-5-4-6-8-16/h9-12,16H,4-8,13-14H2,1-3H3,(H2,21,22,27). The summed E-state index contributed by atoms with van der Waals surface area (Å²) < 4.78 is 1.87. The molecule has 2 N–H and O–H groups in total. The van der Waals surface area contributed by atoms with Crippen molar-refractivity contribution in [2.24, 2.45) is 12.0 Å². The molecule has 0 spiro atoms. The van der Waals surface area contributed by atoms with E-state index in [1.807, 2.05) is 55.0 Å². The Balaban J connectivity index is 1.62. The molecular formula is C20H30N6OS. The first-order chi connectivity index (χ1) is 13.5. The molecule has 1 aliphatic carbocycles. The molecule has 3 rings (SSSR count). The van der Waals surface area contributed by atoms with Gasteiger partial charge < -0.3 is 15.5 Å². The lowest BCUT2D eigenvalue weighted by atomic mass is 9.96. The van der Waals surface area contributed by atoms with Crippen molar-refractivity contribution in [3.05, 3.63) is 29.1 Å². The van der Waals surface area contributed by atoms with Gasteiger partial charge in [-0.2, -0.15) is 5.10 Å². The fourth-order valence-corrected chi connectivity index (χ4v) is 4.17. The van der Waals surface area contributed by atoms with E-state index in [1.54, 1.807) is 11.3 Å². The molecule has 1 saturated carbocycles. The van der Waals surface area contributed by atoms with E-state index in [4.69, 9.17) is 4.99 Å². The van der Waals surface area contributed by atoms with E-state index >= 15 is 0 Å². The summed E-state index contributed by atoms with van der Waals surface area (Å²) in [5.41, 5.74) is 1.79. The lowest BCUT2D eigenvalue weighted by molar-refractivity contribution is 0.250. The number of rotatable bonds is 6. The van der Waals surface area contributed by atoms with Crippen molar-refractivity contribution in [2.75, 3.05) is 32.5 Å². The molecule has 2 aromatic rings. The maximum Gasteiger partial charge on any atom is 0.319 e. The molecule has 1 aromatic carbocycles. The maximum absolute atomic E-state index is 11.9. The summed E-state index contributed by atoms with van der Waals surface area (Å²) in [7, 11) is 5.91. The summed E-state index contributed by atoms with van der Waals surface area (Å²) in [6.07, 6.45) is 6.26. The largest absolute Gasteiger partial charge is 0.337 e. The second-order valence-electron chi connectivity index (χ2n) is 7.50. The molecule has 0 aliphatic heterocycles. The van der Waals surface area contributed by atoms with E-state index in [9.17, 15) is 4.79 Å². The van der Waals surface area contributed by atoms with Gasteiger partial charge in [-0.1, -0.05) is 30.6 Å². The van der Waals surface area contributed by atoms with Gasteiger partial charge >= 0.3 is 6.03 Å². The molecule has 0 bridgehead atoms. The van der Waals surface area contributed by atoms with Crippen molar-refractivity contribution < 1.29 is 4.79 Å². The van der Waals surface area contributed by atoms with Crippen LogP contribution in [0.4, 0.5) is 10.5 Å². The number of aromatic nitrogens is 2. The molecule has 8 heteroatoms. The molecule has 1 aromatic heterocycles. The number of aryl methyl sites for hydroxylation is 1. The Morgan fingerprint density at radius 3 is 2.64 bits per heavy atom. The molecule has 28 heavy (non-hydrogen) atoms.